The largest absolute Gasteiger partial charge is 0.456 e. The summed E-state index contributed by atoms with van der Waals surface area (Å²) in [6.07, 6.45) is 0. The number of furan rings is 2. The first kappa shape index (κ1) is 28.6. The Bertz CT molecular complexity index is 3440. The first-order valence-corrected chi connectivity index (χ1v) is 18.1. The molecule has 0 aliphatic heterocycles. The van der Waals surface area contributed by atoms with Crippen LogP contribution < -0.4 is 4.90 Å². The average molecular weight is 676 g/mol. The number of para-hydroxylation sites is 2. The van der Waals surface area contributed by atoms with Gasteiger partial charge in [0.2, 0.25) is 0 Å². The zero-order chi connectivity index (χ0) is 34.6. The summed E-state index contributed by atoms with van der Waals surface area (Å²) < 4.78 is 12.5. The van der Waals surface area contributed by atoms with Crippen LogP contribution in [0.1, 0.15) is 0 Å². The topological polar surface area (TPSA) is 29.5 Å². The van der Waals surface area contributed by atoms with Gasteiger partial charge in [-0.1, -0.05) is 109 Å². The maximum Gasteiger partial charge on any atom is 0.136 e. The van der Waals surface area contributed by atoms with Crippen LogP contribution in [0.25, 0.3) is 97.7 Å². The maximum absolute atomic E-state index is 6.27. The Labute approximate surface area is 303 Å². The molecule has 0 aliphatic rings. The van der Waals surface area contributed by atoms with Crippen LogP contribution in [0.4, 0.5) is 17.1 Å². The number of nitrogens with zero attached hydrogens (tertiary/aromatic N) is 1. The van der Waals surface area contributed by atoms with Crippen molar-refractivity contribution in [3.8, 4) is 0 Å². The highest BCUT2D eigenvalue weighted by Gasteiger charge is 2.19. The third-order valence-corrected chi connectivity index (χ3v) is 11.2. The van der Waals surface area contributed by atoms with Gasteiger partial charge in [0, 0.05) is 38.6 Å². The molecule has 246 valence electrons. The van der Waals surface area contributed by atoms with Gasteiger partial charge in [0.05, 0.1) is 0 Å². The van der Waals surface area contributed by atoms with Gasteiger partial charge in [-0.05, 0) is 121 Å². The summed E-state index contributed by atoms with van der Waals surface area (Å²) in [5.74, 6) is 0. The van der Waals surface area contributed by atoms with Crippen molar-refractivity contribution in [2.24, 2.45) is 0 Å². The van der Waals surface area contributed by atoms with Crippen molar-refractivity contribution in [2.75, 3.05) is 4.90 Å². The summed E-state index contributed by atoms with van der Waals surface area (Å²) in [5, 5.41) is 16.8. The van der Waals surface area contributed by atoms with Crippen molar-refractivity contribution >= 4 is 115 Å². The van der Waals surface area contributed by atoms with Gasteiger partial charge in [-0.2, -0.15) is 0 Å². The lowest BCUT2D eigenvalue weighted by Crippen LogP contribution is -2.10. The fourth-order valence-corrected chi connectivity index (χ4v) is 8.75. The van der Waals surface area contributed by atoms with E-state index in [1.54, 1.807) is 0 Å². The lowest BCUT2D eigenvalue weighted by atomic mass is 9.94. The Balaban J connectivity index is 1.11. The summed E-state index contributed by atoms with van der Waals surface area (Å²) in [6, 6.07) is 63.4. The van der Waals surface area contributed by atoms with Crippen molar-refractivity contribution in [3.05, 3.63) is 176 Å². The van der Waals surface area contributed by atoms with Crippen LogP contribution in [-0.2, 0) is 0 Å². The maximum atomic E-state index is 6.27. The zero-order valence-corrected chi connectivity index (χ0v) is 28.5. The molecule has 0 aliphatic carbocycles. The van der Waals surface area contributed by atoms with E-state index in [1.807, 2.05) is 24.3 Å². The normalized spacial score (nSPS) is 12.2. The number of fused-ring (bicyclic) bond motifs is 15. The molecule has 12 rings (SSSR count). The number of anilines is 3. The molecule has 0 fully saturated rings. The van der Waals surface area contributed by atoms with Crippen molar-refractivity contribution in [1.29, 1.82) is 0 Å². The van der Waals surface area contributed by atoms with Gasteiger partial charge in [0.25, 0.3) is 0 Å². The molecule has 0 radical (unpaired) electrons. The highest BCUT2D eigenvalue weighted by molar-refractivity contribution is 6.26. The molecule has 2 aromatic heterocycles. The molecule has 0 atom stereocenters. The lowest BCUT2D eigenvalue weighted by Gasteiger charge is -2.27. The van der Waals surface area contributed by atoms with Crippen molar-refractivity contribution in [3.63, 3.8) is 0 Å². The minimum Gasteiger partial charge on any atom is -0.456 e. The van der Waals surface area contributed by atoms with E-state index >= 15 is 0 Å². The first-order valence-electron chi connectivity index (χ1n) is 18.1. The first-order chi connectivity index (χ1) is 26.2. The highest BCUT2D eigenvalue weighted by atomic mass is 16.3. The second-order valence-electron chi connectivity index (χ2n) is 14.1. The van der Waals surface area contributed by atoms with Crippen LogP contribution in [0.15, 0.2) is 185 Å². The van der Waals surface area contributed by atoms with Crippen LogP contribution in [0.5, 0.6) is 0 Å². The van der Waals surface area contributed by atoms with E-state index < -0.39 is 0 Å². The summed E-state index contributed by atoms with van der Waals surface area (Å²) in [7, 11) is 0. The smallest absolute Gasteiger partial charge is 0.136 e. The third-order valence-electron chi connectivity index (χ3n) is 11.2. The van der Waals surface area contributed by atoms with Crippen LogP contribution >= 0.6 is 0 Å². The molecule has 3 nitrogen and oxygen atoms in total. The molecule has 2 heterocycles. The van der Waals surface area contributed by atoms with Gasteiger partial charge in [-0.15, -0.1) is 0 Å². The van der Waals surface area contributed by atoms with Crippen molar-refractivity contribution < 1.29 is 8.83 Å². The van der Waals surface area contributed by atoms with E-state index in [1.165, 1.54) is 53.9 Å². The Morgan fingerprint density at radius 1 is 0.245 bits per heavy atom. The second kappa shape index (κ2) is 10.7. The molecular weight excluding hydrogens is 647 g/mol. The minimum atomic E-state index is 0.883. The molecule has 0 N–H and O–H groups in total. The number of benzene rings is 10. The van der Waals surface area contributed by atoms with E-state index in [2.05, 4.69) is 157 Å². The quantitative estimate of drug-likeness (QED) is 0.175. The molecule has 53 heavy (non-hydrogen) atoms. The molecule has 0 unspecified atom stereocenters. The highest BCUT2D eigenvalue weighted by Crippen LogP contribution is 2.44. The number of rotatable bonds is 3. The Morgan fingerprint density at radius 2 is 0.679 bits per heavy atom. The zero-order valence-electron chi connectivity index (χ0n) is 28.5. The van der Waals surface area contributed by atoms with Crippen molar-refractivity contribution in [1.82, 2.24) is 0 Å². The third kappa shape index (κ3) is 4.16. The van der Waals surface area contributed by atoms with Crippen LogP contribution in [-0.4, -0.2) is 0 Å². The summed E-state index contributed by atoms with van der Waals surface area (Å²) in [5.41, 5.74) is 6.86. The molecule has 12 aromatic rings. The summed E-state index contributed by atoms with van der Waals surface area (Å²) in [6.45, 7) is 0. The van der Waals surface area contributed by atoms with Crippen molar-refractivity contribution in [2.45, 2.75) is 0 Å². The van der Waals surface area contributed by atoms with E-state index in [4.69, 9.17) is 8.83 Å². The Morgan fingerprint density at radius 3 is 1.34 bits per heavy atom. The fraction of sp³-hybridized carbons (Fsp3) is 0. The Hall–Kier alpha value is -7.10. The van der Waals surface area contributed by atoms with Crippen LogP contribution in [0.3, 0.4) is 0 Å². The molecule has 10 aromatic carbocycles. The summed E-state index contributed by atoms with van der Waals surface area (Å²) >= 11 is 0. The van der Waals surface area contributed by atoms with Gasteiger partial charge in [0.15, 0.2) is 0 Å². The number of hydrogen-bond donors (Lipinski definition) is 0. The SMILES string of the molecule is c1ccc2c(c1)oc1ccc(N(c3ccc4c(ccc5cc6oc7ccccc7c6cc54)c3)c3ccc4c5ccccc5c5ccccc5c4c3)cc12. The predicted octanol–water partition coefficient (Wildman–Crippen LogP) is 14.7. The van der Waals surface area contributed by atoms with E-state index in [9.17, 15) is 0 Å². The molecule has 3 heteroatoms. The monoisotopic (exact) mass is 675 g/mol. The van der Waals surface area contributed by atoms with E-state index in [0.29, 0.717) is 0 Å². The molecule has 0 saturated heterocycles. The number of hydrogen-bond acceptors (Lipinski definition) is 3. The molecule has 0 spiro atoms. The Kier molecular flexibility index (Phi) is 5.77. The van der Waals surface area contributed by atoms with Gasteiger partial charge in [0.1, 0.15) is 22.3 Å². The predicted molar refractivity (Wildman–Crippen MR) is 223 cm³/mol. The van der Waals surface area contributed by atoms with Gasteiger partial charge in [-0.25, -0.2) is 0 Å². The second-order valence-corrected chi connectivity index (χ2v) is 14.1. The van der Waals surface area contributed by atoms with E-state index in [0.717, 1.165) is 60.9 Å². The molecule has 0 amide bonds. The lowest BCUT2D eigenvalue weighted by molar-refractivity contribution is 0.668. The summed E-state index contributed by atoms with van der Waals surface area (Å²) in [4.78, 5) is 2.39. The van der Waals surface area contributed by atoms with Crippen LogP contribution in [0.2, 0.25) is 0 Å². The standard InChI is InChI=1S/C50H29NO2/c1-2-11-38-36(9-1)37-10-3-4-12-39(37)44-27-33(20-23-40(38)44)51(34-21-24-49-45(28-34)41-13-5-7-15-47(41)52-49)32-19-22-35-30(25-32)17-18-31-26-50-46(29-43(31)35)42-14-6-8-16-48(42)53-50/h1-29H. The van der Waals surface area contributed by atoms with Gasteiger partial charge >= 0.3 is 0 Å². The molecule has 0 bridgehead atoms. The van der Waals surface area contributed by atoms with E-state index in [-0.39, 0.29) is 0 Å². The molecular formula is C50H29NO2. The average Bonchev–Trinajstić information content (AvgIpc) is 3.78. The molecule has 0 saturated carbocycles. The minimum absolute atomic E-state index is 0.883. The van der Waals surface area contributed by atoms with Gasteiger partial charge < -0.3 is 13.7 Å². The fourth-order valence-electron chi connectivity index (χ4n) is 8.75. The van der Waals surface area contributed by atoms with Gasteiger partial charge in [-0.3, -0.25) is 0 Å². The van der Waals surface area contributed by atoms with Crippen LogP contribution in [0, 0.1) is 0 Å².